The van der Waals surface area contributed by atoms with Gasteiger partial charge in [-0.25, -0.2) is 8.42 Å². The molecule has 1 aliphatic rings. The number of alkyl halides is 3. The van der Waals surface area contributed by atoms with E-state index >= 15 is 0 Å². The molecular weight excluding hydrogens is 367 g/mol. The van der Waals surface area contributed by atoms with Gasteiger partial charge in [0.1, 0.15) is 0 Å². The van der Waals surface area contributed by atoms with Crippen molar-refractivity contribution in [1.82, 2.24) is 4.31 Å². The van der Waals surface area contributed by atoms with Crippen molar-refractivity contribution in [1.29, 1.82) is 0 Å². The molecule has 4 nitrogen and oxygen atoms in total. The van der Waals surface area contributed by atoms with Gasteiger partial charge in [0.25, 0.3) is 0 Å². The zero-order valence-corrected chi connectivity index (χ0v) is 16.1. The molecule has 0 spiro atoms. The first-order chi connectivity index (χ1) is 12.1. The minimum atomic E-state index is -4.60. The smallest absolute Gasteiger partial charge is 0.370 e. The van der Waals surface area contributed by atoms with Crippen LogP contribution >= 0.6 is 0 Å². The van der Waals surface area contributed by atoms with Gasteiger partial charge in [-0.15, -0.1) is 0 Å². The predicted molar refractivity (Wildman–Crippen MR) is 97.0 cm³/mol. The van der Waals surface area contributed by atoms with Crippen molar-refractivity contribution in [2.45, 2.75) is 51.1 Å². The zero-order chi connectivity index (χ0) is 20.0. The SMILES string of the molecule is C=C/C=C\C/C(=C\C(C)S(=O)(=O)N1CCOC(C)/C1=C\CC)C(F)(F)F. The molecule has 8 heteroatoms. The molecule has 0 aromatic carbocycles. The van der Waals surface area contributed by atoms with Gasteiger partial charge in [-0.3, -0.25) is 4.31 Å². The Morgan fingerprint density at radius 3 is 2.65 bits per heavy atom. The molecule has 0 amide bonds. The van der Waals surface area contributed by atoms with Crippen LogP contribution in [0.2, 0.25) is 0 Å². The van der Waals surface area contributed by atoms with Gasteiger partial charge >= 0.3 is 6.18 Å². The summed E-state index contributed by atoms with van der Waals surface area (Å²) in [7, 11) is -3.99. The summed E-state index contributed by atoms with van der Waals surface area (Å²) in [5, 5.41) is -1.32. The first-order valence-electron chi connectivity index (χ1n) is 8.44. The second-order valence-electron chi connectivity index (χ2n) is 5.93. The fraction of sp³-hybridized carbons (Fsp3) is 0.556. The maximum absolute atomic E-state index is 13.2. The molecule has 1 heterocycles. The van der Waals surface area contributed by atoms with Gasteiger partial charge in [-0.1, -0.05) is 43.9 Å². The summed E-state index contributed by atoms with van der Waals surface area (Å²) in [6, 6.07) is 0. The van der Waals surface area contributed by atoms with E-state index in [9.17, 15) is 21.6 Å². The van der Waals surface area contributed by atoms with Gasteiger partial charge in [0.2, 0.25) is 10.0 Å². The van der Waals surface area contributed by atoms with Gasteiger partial charge in [0.05, 0.1) is 30.2 Å². The average Bonchev–Trinajstić information content (AvgIpc) is 2.54. The van der Waals surface area contributed by atoms with E-state index < -0.39 is 39.5 Å². The lowest BCUT2D eigenvalue weighted by atomic mass is 10.1. The molecule has 148 valence electrons. The Labute approximate surface area is 153 Å². The molecule has 2 atom stereocenters. The standard InChI is InChI=1S/C18H26F3NO3S/c1-5-7-8-10-16(18(19,20)21)13-14(3)26(23,24)22-11-12-25-15(4)17(22)9-6-2/h5,7-9,13-15H,1,6,10-12H2,2-4H3/b8-7-,16-13+,17-9+. The van der Waals surface area contributed by atoms with Crippen LogP contribution in [0.5, 0.6) is 0 Å². The van der Waals surface area contributed by atoms with Crippen LogP contribution in [0.3, 0.4) is 0 Å². The number of allylic oxidation sites excluding steroid dienone is 5. The van der Waals surface area contributed by atoms with Crippen LogP contribution in [0, 0.1) is 0 Å². The quantitative estimate of drug-likeness (QED) is 0.477. The zero-order valence-electron chi connectivity index (χ0n) is 15.3. The predicted octanol–water partition coefficient (Wildman–Crippen LogP) is 4.34. The van der Waals surface area contributed by atoms with E-state index in [0.29, 0.717) is 12.1 Å². The minimum Gasteiger partial charge on any atom is -0.370 e. The number of ether oxygens (including phenoxy) is 1. The Balaban J connectivity index is 3.21. The molecule has 2 unspecified atom stereocenters. The van der Waals surface area contributed by atoms with Crippen LogP contribution in [0.25, 0.3) is 0 Å². The summed E-state index contributed by atoms with van der Waals surface area (Å²) in [6.45, 7) is 8.55. The van der Waals surface area contributed by atoms with Crippen LogP contribution in [0.4, 0.5) is 13.2 Å². The largest absolute Gasteiger partial charge is 0.412 e. The van der Waals surface area contributed by atoms with E-state index in [1.54, 1.807) is 13.0 Å². The first kappa shape index (κ1) is 22.5. The highest BCUT2D eigenvalue weighted by atomic mass is 32.2. The monoisotopic (exact) mass is 393 g/mol. The maximum Gasteiger partial charge on any atom is 0.412 e. The first-order valence-corrected chi connectivity index (χ1v) is 9.94. The molecule has 0 N–H and O–H groups in total. The lowest BCUT2D eigenvalue weighted by molar-refractivity contribution is -0.0931. The number of rotatable bonds is 7. The van der Waals surface area contributed by atoms with Crippen molar-refractivity contribution in [3.05, 3.63) is 48.2 Å². The Morgan fingerprint density at radius 2 is 2.12 bits per heavy atom. The Morgan fingerprint density at radius 1 is 1.46 bits per heavy atom. The molecule has 0 aromatic heterocycles. The number of sulfonamides is 1. The summed E-state index contributed by atoms with van der Waals surface area (Å²) < 4.78 is 72.1. The molecule has 0 aromatic rings. The third kappa shape index (κ3) is 5.74. The molecule has 1 rings (SSSR count). The Bertz CT molecular complexity index is 678. The minimum absolute atomic E-state index is 0.0917. The summed E-state index contributed by atoms with van der Waals surface area (Å²) in [4.78, 5) is 0. The van der Waals surface area contributed by atoms with Crippen LogP contribution < -0.4 is 0 Å². The molecule has 0 bridgehead atoms. The summed E-state index contributed by atoms with van der Waals surface area (Å²) in [5.41, 5.74) is -0.423. The van der Waals surface area contributed by atoms with Gasteiger partial charge in [-0.05, 0) is 26.7 Å². The van der Waals surface area contributed by atoms with E-state index in [2.05, 4.69) is 6.58 Å². The van der Waals surface area contributed by atoms with Gasteiger partial charge in [0, 0.05) is 5.57 Å². The van der Waals surface area contributed by atoms with E-state index in [0.717, 1.165) is 6.08 Å². The second kappa shape index (κ2) is 9.41. The molecular formula is C18H26F3NO3S. The van der Waals surface area contributed by atoms with E-state index in [-0.39, 0.29) is 13.2 Å². The average molecular weight is 393 g/mol. The van der Waals surface area contributed by atoms with Crippen molar-refractivity contribution in [3.63, 3.8) is 0 Å². The van der Waals surface area contributed by atoms with Crippen molar-refractivity contribution < 1.29 is 26.3 Å². The highest BCUT2D eigenvalue weighted by Gasteiger charge is 2.37. The van der Waals surface area contributed by atoms with Crippen LogP contribution in [0.15, 0.2) is 48.2 Å². The number of hydrogen-bond donors (Lipinski definition) is 0. The van der Waals surface area contributed by atoms with E-state index in [4.69, 9.17) is 4.74 Å². The van der Waals surface area contributed by atoms with Crippen molar-refractivity contribution >= 4 is 10.0 Å². The second-order valence-corrected chi connectivity index (χ2v) is 8.14. The highest BCUT2D eigenvalue weighted by molar-refractivity contribution is 7.90. The fourth-order valence-electron chi connectivity index (χ4n) is 2.62. The fourth-order valence-corrected chi connectivity index (χ4v) is 4.20. The molecule has 1 saturated heterocycles. The molecule has 0 aliphatic carbocycles. The third-order valence-electron chi connectivity index (χ3n) is 3.97. The van der Waals surface area contributed by atoms with E-state index in [1.807, 2.05) is 6.92 Å². The normalized spacial score (nSPS) is 22.8. The van der Waals surface area contributed by atoms with Gasteiger partial charge in [-0.2, -0.15) is 13.2 Å². The Hall–Kier alpha value is -1.54. The molecule has 1 fully saturated rings. The van der Waals surface area contributed by atoms with Crippen LogP contribution in [-0.2, 0) is 14.8 Å². The van der Waals surface area contributed by atoms with Crippen molar-refractivity contribution in [2.75, 3.05) is 13.2 Å². The lowest BCUT2D eigenvalue weighted by Crippen LogP contribution is -2.45. The molecule has 0 saturated carbocycles. The van der Waals surface area contributed by atoms with Crippen LogP contribution in [-0.4, -0.2) is 43.4 Å². The van der Waals surface area contributed by atoms with Gasteiger partial charge in [0.15, 0.2) is 0 Å². The summed E-state index contributed by atoms with van der Waals surface area (Å²) in [6.07, 6.45) is 1.73. The highest BCUT2D eigenvalue weighted by Crippen LogP contribution is 2.31. The lowest BCUT2D eigenvalue weighted by Gasteiger charge is -2.36. The molecule has 0 radical (unpaired) electrons. The summed E-state index contributed by atoms with van der Waals surface area (Å²) in [5.74, 6) is 0. The van der Waals surface area contributed by atoms with Gasteiger partial charge < -0.3 is 4.74 Å². The topological polar surface area (TPSA) is 46.6 Å². The maximum atomic E-state index is 13.2. The number of halogens is 3. The summed E-state index contributed by atoms with van der Waals surface area (Å²) >= 11 is 0. The van der Waals surface area contributed by atoms with Crippen molar-refractivity contribution in [2.24, 2.45) is 0 Å². The number of hydrogen-bond acceptors (Lipinski definition) is 3. The Kier molecular flexibility index (Phi) is 8.15. The number of nitrogens with zero attached hydrogens (tertiary/aromatic N) is 1. The van der Waals surface area contributed by atoms with Crippen LogP contribution in [0.1, 0.15) is 33.6 Å². The van der Waals surface area contributed by atoms with E-state index in [1.165, 1.54) is 29.5 Å². The third-order valence-corrected chi connectivity index (χ3v) is 6.05. The van der Waals surface area contributed by atoms with Crippen molar-refractivity contribution in [3.8, 4) is 0 Å². The number of morpholine rings is 1. The molecule has 26 heavy (non-hydrogen) atoms. The molecule has 1 aliphatic heterocycles.